The Morgan fingerprint density at radius 1 is 1.06 bits per heavy atom. The van der Waals surface area contributed by atoms with E-state index in [2.05, 4.69) is 20.4 Å². The Labute approximate surface area is 195 Å². The largest absolute Gasteiger partial charge is 0.348 e. The zero-order valence-corrected chi connectivity index (χ0v) is 18.4. The van der Waals surface area contributed by atoms with Gasteiger partial charge in [0.15, 0.2) is 0 Å². The second-order valence-corrected chi connectivity index (χ2v) is 7.73. The van der Waals surface area contributed by atoms with Crippen molar-refractivity contribution in [1.29, 1.82) is 0 Å². The molecule has 1 N–H and O–H groups in total. The molecule has 8 heteroatoms. The molecule has 0 radical (unpaired) electrons. The molecule has 34 heavy (non-hydrogen) atoms. The van der Waals surface area contributed by atoms with Gasteiger partial charge in [0.1, 0.15) is 17.3 Å². The lowest BCUT2D eigenvalue weighted by Crippen LogP contribution is -2.23. The van der Waals surface area contributed by atoms with Gasteiger partial charge in [-0.25, -0.2) is 14.1 Å². The lowest BCUT2D eigenvalue weighted by Gasteiger charge is -2.10. The number of nitrogens with zero attached hydrogens (tertiary/aromatic N) is 5. The second kappa shape index (κ2) is 9.11. The van der Waals surface area contributed by atoms with Crippen LogP contribution in [0, 0.1) is 12.7 Å². The Morgan fingerprint density at radius 2 is 1.91 bits per heavy atom. The number of pyridine rings is 1. The average molecular weight is 452 g/mol. The summed E-state index contributed by atoms with van der Waals surface area (Å²) in [7, 11) is 0. The van der Waals surface area contributed by atoms with Crippen molar-refractivity contribution in [3.63, 3.8) is 0 Å². The monoisotopic (exact) mass is 452 g/mol. The maximum Gasteiger partial charge on any atom is 0.255 e. The van der Waals surface area contributed by atoms with E-state index >= 15 is 0 Å². The van der Waals surface area contributed by atoms with E-state index in [9.17, 15) is 9.18 Å². The summed E-state index contributed by atoms with van der Waals surface area (Å²) >= 11 is 0. The fourth-order valence-corrected chi connectivity index (χ4v) is 3.73. The SMILES string of the molecule is Cc1nccn1-c1ccc(CNC(=O)c2cn(-c3ccccc3)nc2-c2cccnc2)cc1F. The first kappa shape index (κ1) is 21.3. The number of carbonyl (C=O) groups is 1. The molecule has 5 rings (SSSR count). The fourth-order valence-electron chi connectivity index (χ4n) is 3.73. The van der Waals surface area contributed by atoms with Gasteiger partial charge in [0.25, 0.3) is 5.91 Å². The van der Waals surface area contributed by atoms with Crippen molar-refractivity contribution in [3.8, 4) is 22.6 Å². The third kappa shape index (κ3) is 4.21. The van der Waals surface area contributed by atoms with E-state index in [1.807, 2.05) is 43.3 Å². The van der Waals surface area contributed by atoms with E-state index in [1.165, 1.54) is 6.07 Å². The van der Waals surface area contributed by atoms with Gasteiger partial charge in [0, 0.05) is 43.1 Å². The molecule has 0 bridgehead atoms. The number of imidazole rings is 1. The van der Waals surface area contributed by atoms with Crippen molar-refractivity contribution < 1.29 is 9.18 Å². The van der Waals surface area contributed by atoms with Crippen molar-refractivity contribution in [2.24, 2.45) is 0 Å². The molecule has 0 fully saturated rings. The van der Waals surface area contributed by atoms with Crippen LogP contribution in [0.4, 0.5) is 4.39 Å². The molecule has 0 saturated heterocycles. The Bertz CT molecular complexity index is 1440. The normalized spacial score (nSPS) is 10.9. The van der Waals surface area contributed by atoms with Gasteiger partial charge in [-0.3, -0.25) is 9.78 Å². The van der Waals surface area contributed by atoms with Gasteiger partial charge in [-0.15, -0.1) is 0 Å². The van der Waals surface area contributed by atoms with Crippen molar-refractivity contribution in [2.75, 3.05) is 0 Å². The quantitative estimate of drug-likeness (QED) is 0.412. The summed E-state index contributed by atoms with van der Waals surface area (Å²) in [6.07, 6.45) is 8.36. The zero-order valence-electron chi connectivity index (χ0n) is 18.4. The highest BCUT2D eigenvalue weighted by Gasteiger charge is 2.19. The third-order valence-electron chi connectivity index (χ3n) is 5.47. The summed E-state index contributed by atoms with van der Waals surface area (Å²) in [6.45, 7) is 1.98. The molecule has 0 saturated carbocycles. The van der Waals surface area contributed by atoms with E-state index in [0.29, 0.717) is 28.3 Å². The van der Waals surface area contributed by atoms with Crippen LogP contribution in [0.15, 0.2) is 91.6 Å². The number of nitrogens with one attached hydrogen (secondary N) is 1. The van der Waals surface area contributed by atoms with Crippen LogP contribution in [-0.2, 0) is 6.54 Å². The number of amides is 1. The first-order valence-corrected chi connectivity index (χ1v) is 10.7. The molecule has 2 aromatic carbocycles. The number of para-hydroxylation sites is 1. The number of aryl methyl sites for hydroxylation is 1. The molecule has 168 valence electrons. The van der Waals surface area contributed by atoms with E-state index in [1.54, 1.807) is 58.4 Å². The second-order valence-electron chi connectivity index (χ2n) is 7.73. The molecule has 0 unspecified atom stereocenters. The number of carbonyl (C=O) groups excluding carboxylic acids is 1. The molecular formula is C26H21FN6O. The van der Waals surface area contributed by atoms with Crippen LogP contribution in [0.3, 0.4) is 0 Å². The number of benzene rings is 2. The molecule has 0 atom stereocenters. The Balaban J connectivity index is 1.40. The van der Waals surface area contributed by atoms with Gasteiger partial charge in [-0.05, 0) is 48.9 Å². The van der Waals surface area contributed by atoms with Crippen LogP contribution >= 0.6 is 0 Å². The van der Waals surface area contributed by atoms with Crippen molar-refractivity contribution >= 4 is 5.91 Å². The lowest BCUT2D eigenvalue weighted by molar-refractivity contribution is 0.0951. The van der Waals surface area contributed by atoms with Crippen LogP contribution in [0.25, 0.3) is 22.6 Å². The molecule has 3 heterocycles. The highest BCUT2D eigenvalue weighted by atomic mass is 19.1. The minimum atomic E-state index is -0.388. The summed E-state index contributed by atoms with van der Waals surface area (Å²) < 4.78 is 18.1. The first-order valence-electron chi connectivity index (χ1n) is 10.7. The Kier molecular flexibility index (Phi) is 5.70. The van der Waals surface area contributed by atoms with Crippen LogP contribution in [0.5, 0.6) is 0 Å². The summed E-state index contributed by atoms with van der Waals surface area (Å²) in [5, 5.41) is 7.52. The lowest BCUT2D eigenvalue weighted by atomic mass is 10.1. The first-order chi connectivity index (χ1) is 16.6. The van der Waals surface area contributed by atoms with E-state index in [-0.39, 0.29) is 18.3 Å². The minimum absolute atomic E-state index is 0.169. The summed E-state index contributed by atoms with van der Waals surface area (Å²) in [5.41, 5.74) is 3.54. The number of hydrogen-bond acceptors (Lipinski definition) is 4. The molecule has 0 spiro atoms. The molecule has 0 aliphatic heterocycles. The van der Waals surface area contributed by atoms with Crippen LogP contribution < -0.4 is 5.32 Å². The van der Waals surface area contributed by atoms with Crippen molar-refractivity contribution in [1.82, 2.24) is 29.6 Å². The molecule has 3 aromatic heterocycles. The predicted octanol–water partition coefficient (Wildman–Crippen LogP) is 4.50. The van der Waals surface area contributed by atoms with Gasteiger partial charge in [0.05, 0.1) is 16.9 Å². The summed E-state index contributed by atoms with van der Waals surface area (Å²) in [4.78, 5) is 21.4. The van der Waals surface area contributed by atoms with Crippen LogP contribution in [-0.4, -0.2) is 30.2 Å². The van der Waals surface area contributed by atoms with E-state index in [4.69, 9.17) is 0 Å². The Morgan fingerprint density at radius 3 is 2.62 bits per heavy atom. The standard InChI is InChI=1S/C26H21FN6O/c1-18-29-12-13-32(18)24-10-9-19(14-23(24)27)15-30-26(34)22-17-33(21-7-3-2-4-8-21)31-25(22)20-6-5-11-28-16-20/h2-14,16-17H,15H2,1H3,(H,30,34). The van der Waals surface area contributed by atoms with Gasteiger partial charge < -0.3 is 9.88 Å². The fraction of sp³-hybridized carbons (Fsp3) is 0.0769. The smallest absolute Gasteiger partial charge is 0.255 e. The third-order valence-corrected chi connectivity index (χ3v) is 5.47. The summed E-state index contributed by atoms with van der Waals surface area (Å²) in [6, 6.07) is 18.1. The Hall–Kier alpha value is -4.59. The molecule has 0 aliphatic carbocycles. The van der Waals surface area contributed by atoms with Crippen molar-refractivity contribution in [2.45, 2.75) is 13.5 Å². The molecule has 5 aromatic rings. The van der Waals surface area contributed by atoms with Crippen LogP contribution in [0.1, 0.15) is 21.7 Å². The van der Waals surface area contributed by atoms with Gasteiger partial charge in [0.2, 0.25) is 0 Å². The van der Waals surface area contributed by atoms with Gasteiger partial charge in [-0.2, -0.15) is 5.10 Å². The highest BCUT2D eigenvalue weighted by Crippen LogP contribution is 2.23. The number of hydrogen-bond donors (Lipinski definition) is 1. The predicted molar refractivity (Wildman–Crippen MR) is 126 cm³/mol. The number of aromatic nitrogens is 5. The topological polar surface area (TPSA) is 77.6 Å². The molecule has 1 amide bonds. The summed E-state index contributed by atoms with van der Waals surface area (Å²) in [5.74, 6) is -0.00456. The number of halogens is 1. The number of rotatable bonds is 6. The minimum Gasteiger partial charge on any atom is -0.348 e. The van der Waals surface area contributed by atoms with Gasteiger partial charge in [-0.1, -0.05) is 24.3 Å². The maximum atomic E-state index is 14.7. The molecular weight excluding hydrogens is 431 g/mol. The average Bonchev–Trinajstić information content (AvgIpc) is 3.51. The van der Waals surface area contributed by atoms with Gasteiger partial charge >= 0.3 is 0 Å². The highest BCUT2D eigenvalue weighted by molar-refractivity contribution is 5.99. The van der Waals surface area contributed by atoms with E-state index in [0.717, 1.165) is 11.3 Å². The maximum absolute atomic E-state index is 14.7. The molecule has 0 aliphatic rings. The van der Waals surface area contributed by atoms with E-state index < -0.39 is 0 Å². The zero-order chi connectivity index (χ0) is 23.5. The molecule has 7 nitrogen and oxygen atoms in total. The van der Waals surface area contributed by atoms with Crippen molar-refractivity contribution in [3.05, 3.63) is 114 Å². The van der Waals surface area contributed by atoms with Crippen LogP contribution in [0.2, 0.25) is 0 Å².